The molecule has 0 bridgehead atoms. The molecule has 1 N–H and O–H groups in total. The lowest BCUT2D eigenvalue weighted by Gasteiger charge is -2.36. The van der Waals surface area contributed by atoms with E-state index in [0.717, 1.165) is 37.8 Å². The van der Waals surface area contributed by atoms with E-state index >= 15 is 4.39 Å². The van der Waals surface area contributed by atoms with Crippen LogP contribution in [-0.4, -0.2) is 53.3 Å². The van der Waals surface area contributed by atoms with Gasteiger partial charge >= 0.3 is 5.97 Å². The Morgan fingerprint density at radius 1 is 1.14 bits per heavy atom. The van der Waals surface area contributed by atoms with Crippen LogP contribution in [0.1, 0.15) is 47.6 Å². The number of carboxylic acid groups (broad SMARTS) is 1. The molecule has 2 saturated heterocycles. The van der Waals surface area contributed by atoms with Crippen LogP contribution in [-0.2, 0) is 6.54 Å². The summed E-state index contributed by atoms with van der Waals surface area (Å²) in [6.45, 7) is 2.88. The molecule has 3 fully saturated rings. The zero-order valence-electron chi connectivity index (χ0n) is 20.6. The number of carboxylic acids is 1. The van der Waals surface area contributed by atoms with Crippen LogP contribution in [0.5, 0.6) is 5.75 Å². The van der Waals surface area contributed by atoms with Gasteiger partial charge in [0.15, 0.2) is 11.6 Å². The molecule has 3 aliphatic rings. The summed E-state index contributed by atoms with van der Waals surface area (Å²) in [7, 11) is 1.47. The summed E-state index contributed by atoms with van der Waals surface area (Å²) in [6, 6.07) is 8.00. The molecule has 3 heterocycles. The maximum absolute atomic E-state index is 15.8. The standard InChI is InChI=1S/C28H29F2N3O4/c1-37-27-24-20(26(34)21(28(35)36)14-33(24)19-8-9-19)11-22(30)25(27)32-13-17-3-2-10-31(23(17)15-32)12-16-4-6-18(29)7-5-16/h4-7,11,14,17,19,23H,2-3,8-10,12-13,15H2,1H3,(H,35,36)/t17-,23+/m1/s1. The average molecular weight is 510 g/mol. The lowest BCUT2D eigenvalue weighted by molar-refractivity contribution is 0.0694. The summed E-state index contributed by atoms with van der Waals surface area (Å²) in [6.07, 6.45) is 5.17. The van der Waals surface area contributed by atoms with E-state index in [1.54, 1.807) is 16.7 Å². The number of carbonyl (C=O) groups is 1. The van der Waals surface area contributed by atoms with Crippen LogP contribution in [0.15, 0.2) is 41.3 Å². The molecule has 194 valence electrons. The first-order valence-electron chi connectivity index (χ1n) is 12.8. The number of benzene rings is 2. The van der Waals surface area contributed by atoms with Gasteiger partial charge in [-0.15, -0.1) is 0 Å². The Hall–Kier alpha value is -3.46. The number of piperidine rings is 1. The molecule has 1 aliphatic carbocycles. The first-order valence-corrected chi connectivity index (χ1v) is 12.8. The van der Waals surface area contributed by atoms with E-state index < -0.39 is 17.2 Å². The van der Waals surface area contributed by atoms with E-state index in [-0.39, 0.29) is 34.6 Å². The summed E-state index contributed by atoms with van der Waals surface area (Å²) >= 11 is 0. The minimum absolute atomic E-state index is 0.0273. The van der Waals surface area contributed by atoms with Gasteiger partial charge in [0, 0.05) is 37.9 Å². The van der Waals surface area contributed by atoms with E-state index in [1.165, 1.54) is 31.5 Å². The van der Waals surface area contributed by atoms with Gasteiger partial charge in [-0.25, -0.2) is 13.6 Å². The van der Waals surface area contributed by atoms with E-state index in [9.17, 15) is 19.1 Å². The van der Waals surface area contributed by atoms with Crippen molar-refractivity contribution in [2.45, 2.75) is 44.3 Å². The van der Waals surface area contributed by atoms with Crippen LogP contribution in [0, 0.1) is 17.6 Å². The van der Waals surface area contributed by atoms with Crippen molar-refractivity contribution in [1.82, 2.24) is 9.47 Å². The minimum Gasteiger partial charge on any atom is -0.492 e. The Morgan fingerprint density at radius 3 is 2.57 bits per heavy atom. The van der Waals surface area contributed by atoms with Crippen molar-refractivity contribution in [2.75, 3.05) is 31.6 Å². The van der Waals surface area contributed by atoms with Crippen LogP contribution in [0.3, 0.4) is 0 Å². The summed E-state index contributed by atoms with van der Waals surface area (Å²) < 4.78 is 36.7. The van der Waals surface area contributed by atoms with Gasteiger partial charge in [-0.1, -0.05) is 12.1 Å². The lowest BCUT2D eigenvalue weighted by atomic mass is 9.91. The lowest BCUT2D eigenvalue weighted by Crippen LogP contribution is -2.44. The number of hydrogen-bond donors (Lipinski definition) is 1. The molecule has 37 heavy (non-hydrogen) atoms. The number of nitrogens with zero attached hydrogens (tertiary/aromatic N) is 3. The average Bonchev–Trinajstić information content (AvgIpc) is 3.63. The topological polar surface area (TPSA) is 75.0 Å². The highest BCUT2D eigenvalue weighted by atomic mass is 19.1. The molecule has 0 amide bonds. The Morgan fingerprint density at radius 2 is 1.89 bits per heavy atom. The van der Waals surface area contributed by atoms with Crippen LogP contribution < -0.4 is 15.1 Å². The van der Waals surface area contributed by atoms with Gasteiger partial charge in [0.1, 0.15) is 17.1 Å². The number of methoxy groups -OCH3 is 1. The van der Waals surface area contributed by atoms with Crippen molar-refractivity contribution in [3.05, 3.63) is 69.5 Å². The second-order valence-electron chi connectivity index (χ2n) is 10.4. The Labute approximate surface area is 212 Å². The molecular weight excluding hydrogens is 480 g/mol. The number of aromatic nitrogens is 1. The van der Waals surface area contributed by atoms with E-state index in [1.807, 2.05) is 4.90 Å². The summed E-state index contributed by atoms with van der Waals surface area (Å²) in [5.74, 6) is -1.55. The molecule has 7 nitrogen and oxygen atoms in total. The number of aromatic carboxylic acids is 1. The number of pyridine rings is 1. The van der Waals surface area contributed by atoms with Gasteiger partial charge in [-0.05, 0) is 61.9 Å². The molecule has 1 saturated carbocycles. The Bertz CT molecular complexity index is 1430. The number of rotatable bonds is 6. The fourth-order valence-corrected chi connectivity index (χ4v) is 6.20. The fraction of sp³-hybridized carbons (Fsp3) is 0.429. The molecule has 6 rings (SSSR count). The van der Waals surface area contributed by atoms with Crippen LogP contribution in [0.25, 0.3) is 10.9 Å². The smallest absolute Gasteiger partial charge is 0.341 e. The first kappa shape index (κ1) is 23.9. The molecule has 2 aliphatic heterocycles. The molecule has 0 spiro atoms. The third kappa shape index (κ3) is 4.15. The van der Waals surface area contributed by atoms with Gasteiger partial charge in [0.2, 0.25) is 5.43 Å². The van der Waals surface area contributed by atoms with Gasteiger partial charge in [0.05, 0.1) is 18.0 Å². The quantitative estimate of drug-likeness (QED) is 0.530. The van der Waals surface area contributed by atoms with Crippen LogP contribution in [0.2, 0.25) is 0 Å². The predicted molar refractivity (Wildman–Crippen MR) is 135 cm³/mol. The second kappa shape index (κ2) is 9.13. The Kier molecular flexibility index (Phi) is 5.90. The fourth-order valence-electron chi connectivity index (χ4n) is 6.20. The molecular formula is C28H29F2N3O4. The normalized spacial score (nSPS) is 21.9. The van der Waals surface area contributed by atoms with Gasteiger partial charge < -0.3 is 19.3 Å². The number of ether oxygens (including phenoxy) is 1. The molecule has 1 aromatic heterocycles. The molecule has 2 atom stereocenters. The molecule has 0 unspecified atom stereocenters. The van der Waals surface area contributed by atoms with Crippen molar-refractivity contribution in [2.24, 2.45) is 5.92 Å². The first-order chi connectivity index (χ1) is 17.9. The van der Waals surface area contributed by atoms with Crippen molar-refractivity contribution in [3.63, 3.8) is 0 Å². The SMILES string of the molecule is COc1c(N2C[C@H]3CCCN(Cc4ccc(F)cc4)[C@H]3C2)c(F)cc2c(=O)c(C(=O)O)cn(C3CC3)c12. The number of hydrogen-bond acceptors (Lipinski definition) is 5. The number of anilines is 1. The highest BCUT2D eigenvalue weighted by Gasteiger charge is 2.41. The van der Waals surface area contributed by atoms with Crippen molar-refractivity contribution < 1.29 is 23.4 Å². The highest BCUT2D eigenvalue weighted by Crippen LogP contribution is 2.45. The summed E-state index contributed by atoms with van der Waals surface area (Å²) in [5, 5.41) is 9.59. The molecule has 2 aromatic carbocycles. The minimum atomic E-state index is -1.32. The summed E-state index contributed by atoms with van der Waals surface area (Å²) in [4.78, 5) is 29.1. The summed E-state index contributed by atoms with van der Waals surface area (Å²) in [5.41, 5.74) is 0.746. The van der Waals surface area contributed by atoms with E-state index in [2.05, 4.69) is 4.90 Å². The molecule has 3 aromatic rings. The largest absolute Gasteiger partial charge is 0.492 e. The third-order valence-electron chi connectivity index (χ3n) is 8.08. The Balaban J connectivity index is 1.40. The zero-order valence-corrected chi connectivity index (χ0v) is 20.6. The third-order valence-corrected chi connectivity index (χ3v) is 8.08. The van der Waals surface area contributed by atoms with E-state index in [4.69, 9.17) is 4.74 Å². The monoisotopic (exact) mass is 509 g/mol. The molecule has 0 radical (unpaired) electrons. The number of fused-ring (bicyclic) bond motifs is 2. The van der Waals surface area contributed by atoms with Gasteiger partial charge in [-0.3, -0.25) is 9.69 Å². The van der Waals surface area contributed by atoms with Gasteiger partial charge in [-0.2, -0.15) is 0 Å². The van der Waals surface area contributed by atoms with E-state index in [0.29, 0.717) is 36.8 Å². The second-order valence-corrected chi connectivity index (χ2v) is 10.4. The van der Waals surface area contributed by atoms with Crippen molar-refractivity contribution >= 4 is 22.6 Å². The zero-order chi connectivity index (χ0) is 25.8. The number of likely N-dealkylation sites (tertiary alicyclic amines) is 1. The maximum Gasteiger partial charge on any atom is 0.341 e. The number of halogens is 2. The predicted octanol–water partition coefficient (Wildman–Crippen LogP) is 4.42. The van der Waals surface area contributed by atoms with Crippen molar-refractivity contribution in [3.8, 4) is 5.75 Å². The maximum atomic E-state index is 15.8. The molecule has 9 heteroatoms. The van der Waals surface area contributed by atoms with Crippen LogP contribution in [0.4, 0.5) is 14.5 Å². The van der Waals surface area contributed by atoms with Crippen molar-refractivity contribution in [1.29, 1.82) is 0 Å². The van der Waals surface area contributed by atoms with Crippen LogP contribution >= 0.6 is 0 Å². The van der Waals surface area contributed by atoms with Gasteiger partial charge in [0.25, 0.3) is 0 Å². The highest BCUT2D eigenvalue weighted by molar-refractivity contribution is 5.97.